The number of rotatable bonds is 19. The summed E-state index contributed by atoms with van der Waals surface area (Å²) in [6.45, 7) is 15.2. The molecule has 3 aliphatic heterocycles. The van der Waals surface area contributed by atoms with E-state index in [0.29, 0.717) is 31.2 Å². The van der Waals surface area contributed by atoms with E-state index in [1.165, 1.54) is 30.9 Å². The van der Waals surface area contributed by atoms with Crippen LogP contribution in [0.15, 0.2) is 66.2 Å². The normalized spacial score (nSPS) is 20.5. The number of benzene rings is 3. The molecule has 17 heteroatoms. The molecule has 0 radical (unpaired) electrons. The van der Waals surface area contributed by atoms with E-state index in [1.54, 1.807) is 11.3 Å². The van der Waals surface area contributed by atoms with Crippen molar-refractivity contribution in [3.8, 4) is 16.2 Å². The van der Waals surface area contributed by atoms with Gasteiger partial charge in [0.05, 0.1) is 28.2 Å². The van der Waals surface area contributed by atoms with Gasteiger partial charge in [0.25, 0.3) is 0 Å². The highest BCUT2D eigenvalue weighted by Crippen LogP contribution is 2.44. The van der Waals surface area contributed by atoms with Gasteiger partial charge in [0.1, 0.15) is 48.4 Å². The van der Waals surface area contributed by atoms with Crippen LogP contribution in [0.3, 0.4) is 0 Å². The van der Waals surface area contributed by atoms with Gasteiger partial charge in [0.2, 0.25) is 17.7 Å². The Morgan fingerprint density at radius 2 is 1.72 bits per heavy atom. The van der Waals surface area contributed by atoms with E-state index in [0.717, 1.165) is 64.1 Å². The average molecular weight is 1000 g/mol. The molecule has 5 heterocycles. The summed E-state index contributed by atoms with van der Waals surface area (Å²) in [5, 5.41) is 17.4. The van der Waals surface area contributed by atoms with E-state index in [9.17, 15) is 19.5 Å². The summed E-state index contributed by atoms with van der Waals surface area (Å²) >= 11 is 1.57. The van der Waals surface area contributed by atoms with Gasteiger partial charge in [0.15, 0.2) is 0 Å². The number of aryl methyl sites for hydroxylation is 1. The van der Waals surface area contributed by atoms with Crippen molar-refractivity contribution in [2.75, 3.05) is 52.5 Å². The second-order valence-corrected chi connectivity index (χ2v) is 22.2. The van der Waals surface area contributed by atoms with Crippen molar-refractivity contribution in [1.29, 1.82) is 0 Å². The first-order valence-corrected chi connectivity index (χ1v) is 25.6. The van der Waals surface area contributed by atoms with Crippen LogP contribution in [0, 0.1) is 29.9 Å². The van der Waals surface area contributed by atoms with E-state index in [2.05, 4.69) is 25.5 Å². The molecule has 0 aliphatic carbocycles. The number of nitrogens with one attached hydrogen (secondary N) is 3. The molecule has 0 saturated carbocycles. The second kappa shape index (κ2) is 21.8. The third kappa shape index (κ3) is 12.3. The number of hydrogen-bond donors (Lipinski definition) is 4. The van der Waals surface area contributed by atoms with Crippen molar-refractivity contribution in [2.24, 2.45) is 11.3 Å². The molecule has 4 N–H and O–H groups in total. The van der Waals surface area contributed by atoms with Gasteiger partial charge in [-0.05, 0) is 81.0 Å². The van der Waals surface area contributed by atoms with Crippen molar-refractivity contribution in [3.63, 3.8) is 0 Å². The number of ether oxygens (including phenoxy) is 2. The lowest BCUT2D eigenvalue weighted by Crippen LogP contribution is -2.58. The largest absolute Gasteiger partial charge is 0.492 e. The van der Waals surface area contributed by atoms with Crippen molar-refractivity contribution in [1.82, 2.24) is 35.3 Å². The van der Waals surface area contributed by atoms with E-state index < -0.39 is 58.8 Å². The molecule has 3 amide bonds. The fourth-order valence-electron chi connectivity index (χ4n) is 10.4. The van der Waals surface area contributed by atoms with Crippen LogP contribution in [0.2, 0.25) is 0 Å². The molecule has 382 valence electrons. The Morgan fingerprint density at radius 3 is 2.39 bits per heavy atom. The van der Waals surface area contributed by atoms with Gasteiger partial charge < -0.3 is 35.1 Å². The lowest BCUT2D eigenvalue weighted by molar-refractivity contribution is -0.144. The fourth-order valence-corrected chi connectivity index (χ4v) is 11.2. The number of halogens is 3. The van der Waals surface area contributed by atoms with Gasteiger partial charge in [0, 0.05) is 92.6 Å². The number of alkyl halides is 1. The molecule has 0 spiro atoms. The average Bonchev–Trinajstić information content (AvgIpc) is 4.02. The van der Waals surface area contributed by atoms with Crippen molar-refractivity contribution in [2.45, 2.75) is 117 Å². The Balaban J connectivity index is 0.753. The summed E-state index contributed by atoms with van der Waals surface area (Å²) in [6, 6.07) is 15.2. The number of aromatic amines is 1. The van der Waals surface area contributed by atoms with Gasteiger partial charge in [-0.2, -0.15) is 0 Å². The molecule has 5 atom stereocenters. The number of aromatic nitrogens is 2. The van der Waals surface area contributed by atoms with Gasteiger partial charge in [-0.3, -0.25) is 24.2 Å². The highest BCUT2D eigenvalue weighted by atomic mass is 32.1. The molecule has 3 aromatic carbocycles. The predicted octanol–water partition coefficient (Wildman–Crippen LogP) is 7.88. The molecule has 5 aromatic rings. The fraction of sp³-hybridized carbons (Fsp3) is 0.519. The number of hydrogen-bond acceptors (Lipinski definition) is 10. The van der Waals surface area contributed by atoms with Gasteiger partial charge in [-0.1, -0.05) is 63.2 Å². The molecule has 2 fully saturated rings. The molecule has 0 bridgehead atoms. The summed E-state index contributed by atoms with van der Waals surface area (Å²) in [6.07, 6.45) is 1.45. The SMILES string of the molecule is Cc1ncsc1-c1ccc(CNC(=O)[C@@H]2C[C@@H](O)CN2C(=O)[C@@H](NC(=O)COCCCC2CN(CCOc3cc(F)c([C@@H]4c5[nH]c6ccccc6c5C[C@@H](C)N4CC(C)(C)F)c(F)c3)C2)C(C)(C)C)cc1. The van der Waals surface area contributed by atoms with Crippen LogP contribution in [0.4, 0.5) is 13.2 Å². The molecule has 8 rings (SSSR count). The van der Waals surface area contributed by atoms with E-state index in [1.807, 2.05) is 93.6 Å². The number of amides is 3. The Kier molecular flexibility index (Phi) is 16.0. The number of thiazole rings is 1. The maximum Gasteiger partial charge on any atom is 0.246 e. The third-order valence-corrected chi connectivity index (χ3v) is 14.9. The smallest absolute Gasteiger partial charge is 0.246 e. The number of aliphatic hydroxyl groups is 1. The third-order valence-electron chi connectivity index (χ3n) is 14.0. The van der Waals surface area contributed by atoms with E-state index in [4.69, 9.17) is 9.47 Å². The zero-order valence-corrected chi connectivity index (χ0v) is 42.6. The van der Waals surface area contributed by atoms with Gasteiger partial charge >= 0.3 is 0 Å². The number of para-hydroxylation sites is 1. The predicted molar refractivity (Wildman–Crippen MR) is 269 cm³/mol. The molecular weight excluding hydrogens is 932 g/mol. The minimum Gasteiger partial charge on any atom is -0.492 e. The molecular formula is C54H68F3N7O6S. The molecule has 3 aliphatic rings. The van der Waals surface area contributed by atoms with Crippen LogP contribution in [-0.2, 0) is 32.1 Å². The number of aliphatic hydroxyl groups excluding tert-OH is 1. The number of carbonyl (C=O) groups is 3. The summed E-state index contributed by atoms with van der Waals surface area (Å²) in [4.78, 5) is 54.9. The van der Waals surface area contributed by atoms with Crippen molar-refractivity contribution >= 4 is 40.0 Å². The van der Waals surface area contributed by atoms with Crippen LogP contribution in [0.1, 0.15) is 94.9 Å². The maximum absolute atomic E-state index is 16.1. The Morgan fingerprint density at radius 1 is 1.00 bits per heavy atom. The first-order chi connectivity index (χ1) is 33.7. The first kappa shape index (κ1) is 52.0. The standard InChI is InChI=1S/C54H68F3N7O6S/c1-32-21-40-39-12-8-9-13-43(39)60-47(40)48(64(32)30-54(6,7)57)46-41(55)23-38(24-42(46)56)70-20-18-62-26-35(27-62)11-10-19-69-29-45(66)61-50(53(3,4)5)52(68)63-28-37(65)22-44(63)51(67)58-25-34-14-16-36(17-15-34)49-33(2)59-31-71-49/h8-9,12-17,23-24,31-32,35,37,44,48,50,60,65H,10-11,18-22,25-30H2,1-7H3,(H,58,67)(H,61,66)/t32-,37-,44+,48-,50-/m1/s1. The Bertz CT molecular complexity index is 2650. The summed E-state index contributed by atoms with van der Waals surface area (Å²) in [7, 11) is 0. The van der Waals surface area contributed by atoms with Crippen LogP contribution < -0.4 is 15.4 Å². The lowest BCUT2D eigenvalue weighted by Gasteiger charge is -2.43. The number of β-amino-alcohol motifs (C(OH)–C–C–N with tert-alkyl or cyclic N) is 1. The number of likely N-dealkylation sites (tertiary alicyclic amines) is 2. The highest BCUT2D eigenvalue weighted by Gasteiger charge is 2.45. The van der Waals surface area contributed by atoms with Gasteiger partial charge in [-0.25, -0.2) is 18.2 Å². The van der Waals surface area contributed by atoms with E-state index >= 15 is 13.2 Å². The van der Waals surface area contributed by atoms with Crippen molar-refractivity contribution in [3.05, 3.63) is 106 Å². The molecule has 71 heavy (non-hydrogen) atoms. The zero-order chi connectivity index (χ0) is 50.8. The molecule has 2 aromatic heterocycles. The zero-order valence-electron chi connectivity index (χ0n) is 41.8. The number of carbonyl (C=O) groups excluding carboxylic acids is 3. The van der Waals surface area contributed by atoms with Crippen LogP contribution in [0.25, 0.3) is 21.3 Å². The molecule has 2 saturated heterocycles. The van der Waals surface area contributed by atoms with Gasteiger partial charge in [-0.15, -0.1) is 11.3 Å². The van der Waals surface area contributed by atoms with E-state index in [-0.39, 0.29) is 62.5 Å². The molecule has 13 nitrogen and oxygen atoms in total. The lowest BCUT2D eigenvalue weighted by atomic mass is 9.85. The quantitative estimate of drug-likeness (QED) is 0.0606. The highest BCUT2D eigenvalue weighted by molar-refractivity contribution is 7.13. The van der Waals surface area contributed by atoms with Crippen LogP contribution in [0.5, 0.6) is 5.75 Å². The first-order valence-electron chi connectivity index (χ1n) is 24.7. The minimum atomic E-state index is -1.59. The monoisotopic (exact) mass is 999 g/mol. The topological polar surface area (TPSA) is 152 Å². The minimum absolute atomic E-state index is 0.00157. The number of H-pyrrole nitrogens is 1. The summed E-state index contributed by atoms with van der Waals surface area (Å²) in [5.74, 6) is -2.23. The molecule has 0 unspecified atom stereocenters. The Hall–Kier alpha value is -5.33. The summed E-state index contributed by atoms with van der Waals surface area (Å²) < 4.78 is 59.0. The number of fused-ring (bicyclic) bond motifs is 3. The van der Waals surface area contributed by atoms with Crippen LogP contribution >= 0.6 is 11.3 Å². The number of nitrogens with zero attached hydrogens (tertiary/aromatic N) is 4. The summed E-state index contributed by atoms with van der Waals surface area (Å²) in [5.41, 5.74) is 4.82. The second-order valence-electron chi connectivity index (χ2n) is 21.3. The van der Waals surface area contributed by atoms with Crippen molar-refractivity contribution < 1.29 is 42.1 Å². The van der Waals surface area contributed by atoms with Crippen LogP contribution in [-0.4, -0.2) is 130 Å². The Labute approximate surface area is 418 Å². The maximum atomic E-state index is 16.1.